The van der Waals surface area contributed by atoms with E-state index in [1.165, 1.54) is 11.3 Å². The quantitative estimate of drug-likeness (QED) is 0.727. The van der Waals surface area contributed by atoms with Gasteiger partial charge in [-0.1, -0.05) is 6.07 Å². The zero-order valence-corrected chi connectivity index (χ0v) is 14.3. The molecule has 2 aromatic heterocycles. The number of aryl methyl sites for hydroxylation is 1. The zero-order chi connectivity index (χ0) is 16.8. The molecule has 6 nitrogen and oxygen atoms in total. The molecule has 2 rings (SSSR count). The lowest BCUT2D eigenvalue weighted by Gasteiger charge is -2.18. The first-order chi connectivity index (χ1) is 11.0. The van der Waals surface area contributed by atoms with Crippen LogP contribution in [-0.4, -0.2) is 41.5 Å². The number of likely N-dealkylation sites (N-methyl/N-ethyl adjacent to an activating group) is 1. The minimum absolute atomic E-state index is 0.00770. The van der Waals surface area contributed by atoms with Crippen LogP contribution in [0.5, 0.6) is 0 Å². The van der Waals surface area contributed by atoms with Gasteiger partial charge in [-0.05, 0) is 32.2 Å². The van der Waals surface area contributed by atoms with Crippen LogP contribution in [0.2, 0.25) is 0 Å². The second-order valence-electron chi connectivity index (χ2n) is 4.90. The van der Waals surface area contributed by atoms with E-state index in [1.807, 2.05) is 31.4 Å². The number of hydrogen-bond acceptors (Lipinski definition) is 6. The Morgan fingerprint density at radius 1 is 1.35 bits per heavy atom. The van der Waals surface area contributed by atoms with Crippen molar-refractivity contribution in [3.63, 3.8) is 0 Å². The summed E-state index contributed by atoms with van der Waals surface area (Å²) in [5.74, 6) is 0.402. The number of rotatable bonds is 7. The van der Waals surface area contributed by atoms with Gasteiger partial charge in [0.2, 0.25) is 5.89 Å². The number of thiophene rings is 1. The molecule has 0 unspecified atom stereocenters. The van der Waals surface area contributed by atoms with Crippen molar-refractivity contribution >= 4 is 23.2 Å². The number of carbonyl (C=O) groups excluding carboxylic acids is 2. The maximum atomic E-state index is 11.9. The van der Waals surface area contributed by atoms with Crippen LogP contribution >= 0.6 is 11.3 Å². The van der Waals surface area contributed by atoms with Crippen LogP contribution in [0.3, 0.4) is 0 Å². The predicted octanol–water partition coefficient (Wildman–Crippen LogP) is 2.67. The van der Waals surface area contributed by atoms with Crippen molar-refractivity contribution < 1.29 is 18.7 Å². The molecule has 0 aromatic carbocycles. The Morgan fingerprint density at radius 3 is 2.70 bits per heavy atom. The van der Waals surface area contributed by atoms with E-state index in [1.54, 1.807) is 11.8 Å². The molecule has 0 atom stereocenters. The fourth-order valence-electron chi connectivity index (χ4n) is 2.10. The third-order valence-electron chi connectivity index (χ3n) is 3.41. The lowest BCUT2D eigenvalue weighted by atomic mass is 10.3. The van der Waals surface area contributed by atoms with E-state index in [9.17, 15) is 9.59 Å². The van der Waals surface area contributed by atoms with Gasteiger partial charge >= 0.3 is 5.97 Å². The molecular weight excluding hydrogens is 316 g/mol. The van der Waals surface area contributed by atoms with E-state index in [4.69, 9.17) is 9.15 Å². The maximum absolute atomic E-state index is 11.9. The van der Waals surface area contributed by atoms with Crippen LogP contribution in [0.4, 0.5) is 0 Å². The Labute approximate surface area is 139 Å². The van der Waals surface area contributed by atoms with Crippen molar-refractivity contribution in [1.29, 1.82) is 0 Å². The number of amides is 1. The lowest BCUT2D eigenvalue weighted by Crippen LogP contribution is -2.34. The van der Waals surface area contributed by atoms with Crippen LogP contribution in [0.1, 0.15) is 25.3 Å². The lowest BCUT2D eigenvalue weighted by molar-refractivity contribution is -0.151. The van der Waals surface area contributed by atoms with E-state index in [0.717, 1.165) is 4.88 Å². The van der Waals surface area contributed by atoms with Gasteiger partial charge in [-0.3, -0.25) is 9.59 Å². The van der Waals surface area contributed by atoms with Crippen molar-refractivity contribution in [2.75, 3.05) is 19.7 Å². The summed E-state index contributed by atoms with van der Waals surface area (Å²) in [7, 11) is 0. The molecule has 2 heterocycles. The Kier molecular flexibility index (Phi) is 5.92. The predicted molar refractivity (Wildman–Crippen MR) is 87.1 cm³/mol. The molecule has 0 spiro atoms. The van der Waals surface area contributed by atoms with E-state index in [-0.39, 0.29) is 18.9 Å². The highest BCUT2D eigenvalue weighted by Gasteiger charge is 2.18. The Bertz CT molecular complexity index is 660. The smallest absolute Gasteiger partial charge is 0.312 e. The molecule has 0 saturated heterocycles. The molecule has 23 heavy (non-hydrogen) atoms. The van der Waals surface area contributed by atoms with Gasteiger partial charge in [0.05, 0.1) is 17.0 Å². The molecule has 124 valence electrons. The third-order valence-corrected chi connectivity index (χ3v) is 4.27. The Hall–Kier alpha value is -2.15. The summed E-state index contributed by atoms with van der Waals surface area (Å²) >= 11 is 1.52. The van der Waals surface area contributed by atoms with Gasteiger partial charge in [0.25, 0.3) is 5.91 Å². The molecule has 7 heteroatoms. The molecule has 0 bridgehead atoms. The molecule has 0 saturated carbocycles. The second-order valence-corrected chi connectivity index (χ2v) is 5.85. The summed E-state index contributed by atoms with van der Waals surface area (Å²) < 4.78 is 10.6. The van der Waals surface area contributed by atoms with Crippen LogP contribution < -0.4 is 0 Å². The molecule has 1 amide bonds. The van der Waals surface area contributed by atoms with Crippen LogP contribution in [-0.2, 0) is 20.7 Å². The molecule has 0 aliphatic rings. The monoisotopic (exact) mass is 336 g/mol. The van der Waals surface area contributed by atoms with E-state index >= 15 is 0 Å². The summed E-state index contributed by atoms with van der Waals surface area (Å²) in [6.07, 6.45) is -0.00770. The molecular formula is C16H20N2O4S. The van der Waals surface area contributed by atoms with E-state index in [2.05, 4.69) is 4.98 Å². The van der Waals surface area contributed by atoms with Crippen molar-refractivity contribution in [2.45, 2.75) is 27.2 Å². The van der Waals surface area contributed by atoms with Crippen LogP contribution in [0.15, 0.2) is 21.9 Å². The van der Waals surface area contributed by atoms with Gasteiger partial charge in [-0.2, -0.15) is 0 Å². The number of nitrogens with zero attached hydrogens (tertiary/aromatic N) is 2. The Balaban J connectivity index is 1.92. The standard InChI is InChI=1S/C16H20N2O4S/c1-4-18(5-2)14(19)10-21-15(20)9-12-11(3)22-16(17-12)13-7-6-8-23-13/h6-8H,4-5,9-10H2,1-3H3. The van der Waals surface area contributed by atoms with Crippen molar-refractivity contribution in [3.8, 4) is 10.8 Å². The highest BCUT2D eigenvalue weighted by molar-refractivity contribution is 7.13. The van der Waals surface area contributed by atoms with Crippen LogP contribution in [0, 0.1) is 6.92 Å². The van der Waals surface area contributed by atoms with Gasteiger partial charge in [0, 0.05) is 13.1 Å². The van der Waals surface area contributed by atoms with Crippen molar-refractivity contribution in [2.24, 2.45) is 0 Å². The first-order valence-electron chi connectivity index (χ1n) is 7.48. The van der Waals surface area contributed by atoms with E-state index < -0.39 is 5.97 Å². The van der Waals surface area contributed by atoms with Crippen LogP contribution in [0.25, 0.3) is 10.8 Å². The normalized spacial score (nSPS) is 10.6. The SMILES string of the molecule is CCN(CC)C(=O)COC(=O)Cc1nc(-c2cccs2)oc1C. The molecule has 0 fully saturated rings. The van der Waals surface area contributed by atoms with Crippen molar-refractivity contribution in [1.82, 2.24) is 9.88 Å². The number of esters is 1. The maximum Gasteiger partial charge on any atom is 0.312 e. The minimum atomic E-state index is -0.486. The topological polar surface area (TPSA) is 72.6 Å². The second kappa shape index (κ2) is 7.92. The minimum Gasteiger partial charge on any atom is -0.455 e. The van der Waals surface area contributed by atoms with Gasteiger partial charge in [-0.15, -0.1) is 11.3 Å². The molecule has 0 N–H and O–H groups in total. The summed E-state index contributed by atoms with van der Waals surface area (Å²) in [6, 6.07) is 3.81. The fourth-order valence-corrected chi connectivity index (χ4v) is 2.74. The van der Waals surface area contributed by atoms with Gasteiger partial charge in [0.1, 0.15) is 5.76 Å². The first-order valence-corrected chi connectivity index (χ1v) is 8.36. The van der Waals surface area contributed by atoms with Gasteiger partial charge in [-0.25, -0.2) is 4.98 Å². The fraction of sp³-hybridized carbons (Fsp3) is 0.438. The highest BCUT2D eigenvalue weighted by Crippen LogP contribution is 2.26. The summed E-state index contributed by atoms with van der Waals surface area (Å²) in [4.78, 5) is 30.6. The average Bonchev–Trinajstić information content (AvgIpc) is 3.17. The molecule has 0 aliphatic heterocycles. The van der Waals surface area contributed by atoms with E-state index in [0.29, 0.717) is 30.4 Å². The average molecular weight is 336 g/mol. The molecule has 0 radical (unpaired) electrons. The number of hydrogen-bond donors (Lipinski definition) is 0. The number of aromatic nitrogens is 1. The number of oxazole rings is 1. The van der Waals surface area contributed by atoms with Crippen molar-refractivity contribution in [3.05, 3.63) is 29.0 Å². The van der Waals surface area contributed by atoms with Gasteiger partial charge < -0.3 is 14.1 Å². The molecule has 0 aliphatic carbocycles. The molecule has 2 aromatic rings. The first kappa shape index (κ1) is 17.2. The summed E-state index contributed by atoms with van der Waals surface area (Å²) in [6.45, 7) is 6.48. The highest BCUT2D eigenvalue weighted by atomic mass is 32.1. The number of ether oxygens (including phenoxy) is 1. The largest absolute Gasteiger partial charge is 0.455 e. The summed E-state index contributed by atoms with van der Waals surface area (Å²) in [5, 5.41) is 1.93. The van der Waals surface area contributed by atoms with Gasteiger partial charge in [0.15, 0.2) is 6.61 Å². The Morgan fingerprint density at radius 2 is 2.09 bits per heavy atom. The summed E-state index contributed by atoms with van der Waals surface area (Å²) in [5.41, 5.74) is 0.536. The number of carbonyl (C=O) groups is 2. The third kappa shape index (κ3) is 4.41. The zero-order valence-electron chi connectivity index (χ0n) is 13.5.